The fourth-order valence-electron chi connectivity index (χ4n) is 2.04. The van der Waals surface area contributed by atoms with Crippen molar-refractivity contribution in [3.63, 3.8) is 0 Å². The molecular weight excluding hydrogens is 345 g/mol. The first-order valence-corrected chi connectivity index (χ1v) is 6.71. The maximum atomic E-state index is 14.0. The maximum Gasteiger partial charge on any atom is 0.329 e. The summed E-state index contributed by atoms with van der Waals surface area (Å²) in [6.45, 7) is -0.125. The van der Waals surface area contributed by atoms with Crippen LogP contribution in [0.4, 0.5) is 4.39 Å². The van der Waals surface area contributed by atoms with Crippen molar-refractivity contribution in [3.05, 3.63) is 55.4 Å². The Labute approximate surface area is 125 Å². The molecule has 0 spiro atoms. The highest BCUT2D eigenvalue weighted by Gasteiger charge is 2.14. The summed E-state index contributed by atoms with van der Waals surface area (Å²) in [4.78, 5) is 30.7. The van der Waals surface area contributed by atoms with Crippen molar-refractivity contribution in [1.29, 1.82) is 0 Å². The molecule has 2 heterocycles. The van der Waals surface area contributed by atoms with E-state index in [0.29, 0.717) is 10.3 Å². The molecule has 21 heavy (non-hydrogen) atoms. The number of H-pyrrole nitrogens is 1. The molecule has 0 fully saturated rings. The molecule has 7 nitrogen and oxygen atoms in total. The number of hydrogen-bond acceptors (Lipinski definition) is 4. The number of rotatable bonds is 2. The van der Waals surface area contributed by atoms with Crippen LogP contribution < -0.4 is 11.2 Å². The smallest absolute Gasteiger partial charge is 0.306 e. The number of nitrogens with one attached hydrogen (secondary N) is 1. The van der Waals surface area contributed by atoms with Crippen molar-refractivity contribution in [2.24, 2.45) is 7.05 Å². The zero-order valence-electron chi connectivity index (χ0n) is 10.8. The molecule has 9 heteroatoms. The Balaban J connectivity index is 2.24. The Morgan fingerprint density at radius 1 is 1.38 bits per heavy atom. The first-order chi connectivity index (χ1) is 9.95. The van der Waals surface area contributed by atoms with Gasteiger partial charge in [0.15, 0.2) is 5.82 Å². The van der Waals surface area contributed by atoms with Crippen LogP contribution in [0.25, 0.3) is 10.9 Å². The molecule has 0 atom stereocenters. The summed E-state index contributed by atoms with van der Waals surface area (Å²) in [6, 6.07) is 2.65. The Morgan fingerprint density at radius 3 is 2.81 bits per heavy atom. The lowest BCUT2D eigenvalue weighted by Gasteiger charge is -2.05. The topological polar surface area (TPSA) is 85.6 Å². The third-order valence-corrected chi connectivity index (χ3v) is 3.41. The zero-order valence-corrected chi connectivity index (χ0v) is 12.4. The largest absolute Gasteiger partial charge is 0.329 e. The van der Waals surface area contributed by atoms with Gasteiger partial charge in [-0.2, -0.15) is 5.10 Å². The van der Waals surface area contributed by atoms with E-state index in [-0.39, 0.29) is 17.4 Å². The second kappa shape index (κ2) is 4.92. The summed E-state index contributed by atoms with van der Waals surface area (Å²) in [6.07, 6.45) is 1.45. The van der Waals surface area contributed by atoms with E-state index in [1.165, 1.54) is 23.1 Å². The van der Waals surface area contributed by atoms with Crippen molar-refractivity contribution in [2.45, 2.75) is 6.54 Å². The Bertz CT molecular complexity index is 958. The van der Waals surface area contributed by atoms with Gasteiger partial charge in [0.1, 0.15) is 12.1 Å². The van der Waals surface area contributed by atoms with Crippen molar-refractivity contribution in [1.82, 2.24) is 24.3 Å². The Hall–Kier alpha value is -2.29. The van der Waals surface area contributed by atoms with Crippen LogP contribution in [0.3, 0.4) is 0 Å². The molecule has 0 unspecified atom stereocenters. The fraction of sp³-hybridized carbons (Fsp3) is 0.167. The van der Waals surface area contributed by atoms with Gasteiger partial charge in [0.25, 0.3) is 5.56 Å². The van der Waals surface area contributed by atoms with Gasteiger partial charge in [-0.3, -0.25) is 14.0 Å². The van der Waals surface area contributed by atoms with E-state index in [4.69, 9.17) is 0 Å². The lowest BCUT2D eigenvalue weighted by Crippen LogP contribution is -2.36. The van der Waals surface area contributed by atoms with E-state index in [2.05, 4.69) is 31.0 Å². The second-order valence-electron chi connectivity index (χ2n) is 4.47. The maximum absolute atomic E-state index is 14.0. The van der Waals surface area contributed by atoms with Gasteiger partial charge in [0.2, 0.25) is 0 Å². The predicted octanol–water partition coefficient (Wildman–Crippen LogP) is 0.768. The molecule has 0 bridgehead atoms. The molecule has 108 valence electrons. The molecular formula is C12H9BrFN5O2. The number of halogens is 2. The Kier molecular flexibility index (Phi) is 3.20. The van der Waals surface area contributed by atoms with E-state index in [1.54, 1.807) is 7.05 Å². The first-order valence-electron chi connectivity index (χ1n) is 5.92. The predicted molar refractivity (Wildman–Crippen MR) is 76.6 cm³/mol. The molecule has 0 aliphatic carbocycles. The SMILES string of the molecule is Cn1cnc(Cn2c(=O)[nH]c3cc(Br)cc(F)c3c2=O)n1. The molecule has 3 aromatic rings. The molecule has 0 saturated carbocycles. The molecule has 0 aliphatic rings. The molecule has 0 aliphatic heterocycles. The molecule has 3 rings (SSSR count). The summed E-state index contributed by atoms with van der Waals surface area (Å²) < 4.78 is 16.7. The van der Waals surface area contributed by atoms with E-state index in [9.17, 15) is 14.0 Å². The zero-order chi connectivity index (χ0) is 15.1. The van der Waals surface area contributed by atoms with Crippen LogP contribution in [0.1, 0.15) is 5.82 Å². The number of aryl methyl sites for hydroxylation is 1. The van der Waals surface area contributed by atoms with E-state index in [0.717, 1.165) is 4.57 Å². The number of nitrogens with zero attached hydrogens (tertiary/aromatic N) is 4. The minimum atomic E-state index is -0.716. The molecule has 0 radical (unpaired) electrons. The standard InChI is InChI=1S/C12H9BrFN5O2/c1-18-5-15-9(17-18)4-19-11(20)10-7(14)2-6(13)3-8(10)16-12(19)21/h2-3,5H,4H2,1H3,(H,16,21). The van der Waals surface area contributed by atoms with Gasteiger partial charge in [-0.1, -0.05) is 15.9 Å². The fourth-order valence-corrected chi connectivity index (χ4v) is 2.47. The van der Waals surface area contributed by atoms with Gasteiger partial charge >= 0.3 is 5.69 Å². The van der Waals surface area contributed by atoms with Gasteiger partial charge in [-0.25, -0.2) is 14.2 Å². The number of aromatic nitrogens is 5. The number of hydrogen-bond donors (Lipinski definition) is 1. The van der Waals surface area contributed by atoms with E-state index in [1.807, 2.05) is 0 Å². The minimum absolute atomic E-state index is 0.125. The molecule has 2 aromatic heterocycles. The number of aromatic amines is 1. The average molecular weight is 354 g/mol. The monoisotopic (exact) mass is 353 g/mol. The molecule has 0 amide bonds. The van der Waals surface area contributed by atoms with Crippen molar-refractivity contribution in [2.75, 3.05) is 0 Å². The highest BCUT2D eigenvalue weighted by molar-refractivity contribution is 9.10. The molecule has 0 saturated heterocycles. The summed E-state index contributed by atoms with van der Waals surface area (Å²) in [5.41, 5.74) is -1.22. The van der Waals surface area contributed by atoms with Crippen molar-refractivity contribution < 1.29 is 4.39 Å². The van der Waals surface area contributed by atoms with E-state index < -0.39 is 17.1 Å². The Morgan fingerprint density at radius 2 is 2.14 bits per heavy atom. The molecule has 1 aromatic carbocycles. The minimum Gasteiger partial charge on any atom is -0.306 e. The average Bonchev–Trinajstić information content (AvgIpc) is 2.79. The van der Waals surface area contributed by atoms with Crippen molar-refractivity contribution in [3.8, 4) is 0 Å². The summed E-state index contributed by atoms with van der Waals surface area (Å²) in [5.74, 6) is -0.412. The van der Waals surface area contributed by atoms with E-state index >= 15 is 0 Å². The van der Waals surface area contributed by atoms with Gasteiger partial charge in [-0.05, 0) is 12.1 Å². The number of benzene rings is 1. The number of fused-ring (bicyclic) bond motifs is 1. The van der Waals surface area contributed by atoms with Crippen LogP contribution in [-0.2, 0) is 13.6 Å². The van der Waals surface area contributed by atoms with Crippen LogP contribution in [0.15, 0.2) is 32.5 Å². The van der Waals surface area contributed by atoms with Gasteiger partial charge in [0.05, 0.1) is 17.4 Å². The van der Waals surface area contributed by atoms with Crippen LogP contribution in [0.2, 0.25) is 0 Å². The summed E-state index contributed by atoms with van der Waals surface area (Å²) >= 11 is 3.11. The van der Waals surface area contributed by atoms with Crippen LogP contribution in [-0.4, -0.2) is 24.3 Å². The highest BCUT2D eigenvalue weighted by atomic mass is 79.9. The summed E-state index contributed by atoms with van der Waals surface area (Å²) in [5, 5.41) is 3.82. The van der Waals surface area contributed by atoms with Gasteiger partial charge < -0.3 is 4.98 Å². The van der Waals surface area contributed by atoms with Crippen molar-refractivity contribution >= 4 is 26.8 Å². The normalized spacial score (nSPS) is 11.2. The molecule has 1 N–H and O–H groups in total. The van der Waals surface area contributed by atoms with Gasteiger partial charge in [0, 0.05) is 11.5 Å². The van der Waals surface area contributed by atoms with Crippen LogP contribution in [0.5, 0.6) is 0 Å². The van der Waals surface area contributed by atoms with Crippen LogP contribution in [0, 0.1) is 5.82 Å². The first kappa shape index (κ1) is 13.7. The quantitative estimate of drug-likeness (QED) is 0.737. The highest BCUT2D eigenvalue weighted by Crippen LogP contribution is 2.18. The second-order valence-corrected chi connectivity index (χ2v) is 5.38. The third-order valence-electron chi connectivity index (χ3n) is 2.95. The lowest BCUT2D eigenvalue weighted by atomic mass is 10.2. The lowest BCUT2D eigenvalue weighted by molar-refractivity contribution is 0.625. The summed E-state index contributed by atoms with van der Waals surface area (Å²) in [7, 11) is 1.67. The van der Waals surface area contributed by atoms with Gasteiger partial charge in [-0.15, -0.1) is 0 Å². The van der Waals surface area contributed by atoms with Crippen LogP contribution >= 0.6 is 15.9 Å². The third kappa shape index (κ3) is 2.40.